The Hall–Kier alpha value is -0.820. The smallest absolute Gasteiger partial charge is 0.0727 e. The molecule has 0 amide bonds. The zero-order valence-corrected chi connectivity index (χ0v) is 9.05. The molecule has 1 aromatic rings. The summed E-state index contributed by atoms with van der Waals surface area (Å²) in [5.74, 6) is 0.677. The number of benzene rings is 1. The van der Waals surface area contributed by atoms with Crippen LogP contribution in [0.4, 0.5) is 0 Å². The van der Waals surface area contributed by atoms with E-state index in [4.69, 9.17) is 4.74 Å². The van der Waals surface area contributed by atoms with E-state index in [1.807, 2.05) is 0 Å². The third-order valence-electron chi connectivity index (χ3n) is 3.07. The van der Waals surface area contributed by atoms with E-state index in [-0.39, 0.29) is 0 Å². The number of fused-ring (bicyclic) bond motifs is 1. The molecule has 0 spiro atoms. The van der Waals surface area contributed by atoms with E-state index in [1.54, 1.807) is 0 Å². The van der Waals surface area contributed by atoms with Crippen LogP contribution >= 0.6 is 0 Å². The first-order valence-corrected chi connectivity index (χ1v) is 5.51. The van der Waals surface area contributed by atoms with Crippen molar-refractivity contribution >= 4 is 0 Å². The molecule has 0 bridgehead atoms. The standard InChI is InChI=1S/C13H18O/c1-3-5-10(2)12-7-4-6-11-8-14-9-13(11)12/h4,6-7,10H,3,5,8-9H2,1-2H3. The van der Waals surface area contributed by atoms with Gasteiger partial charge in [0.1, 0.15) is 0 Å². The molecule has 76 valence electrons. The molecule has 0 saturated heterocycles. The van der Waals surface area contributed by atoms with Gasteiger partial charge in [-0.1, -0.05) is 38.5 Å². The van der Waals surface area contributed by atoms with Gasteiger partial charge in [0.05, 0.1) is 13.2 Å². The van der Waals surface area contributed by atoms with E-state index < -0.39 is 0 Å². The van der Waals surface area contributed by atoms with Crippen molar-refractivity contribution in [2.75, 3.05) is 0 Å². The third-order valence-corrected chi connectivity index (χ3v) is 3.07. The van der Waals surface area contributed by atoms with Crippen LogP contribution in [0.1, 0.15) is 49.3 Å². The molecule has 0 N–H and O–H groups in total. The second kappa shape index (κ2) is 4.14. The second-order valence-electron chi connectivity index (χ2n) is 4.17. The Morgan fingerprint density at radius 2 is 2.21 bits per heavy atom. The third kappa shape index (κ3) is 1.69. The molecule has 0 aliphatic carbocycles. The summed E-state index contributed by atoms with van der Waals surface area (Å²) in [6.45, 7) is 6.19. The van der Waals surface area contributed by atoms with Crippen molar-refractivity contribution in [1.29, 1.82) is 0 Å². The number of hydrogen-bond donors (Lipinski definition) is 0. The van der Waals surface area contributed by atoms with E-state index in [2.05, 4.69) is 32.0 Å². The number of ether oxygens (including phenoxy) is 1. The van der Waals surface area contributed by atoms with Crippen molar-refractivity contribution in [1.82, 2.24) is 0 Å². The highest BCUT2D eigenvalue weighted by Crippen LogP contribution is 2.30. The molecule has 1 nitrogen and oxygen atoms in total. The van der Waals surface area contributed by atoms with Crippen molar-refractivity contribution in [3.8, 4) is 0 Å². The Bertz CT molecular complexity index is 317. The molecule has 14 heavy (non-hydrogen) atoms. The lowest BCUT2D eigenvalue weighted by molar-refractivity contribution is 0.134. The lowest BCUT2D eigenvalue weighted by Crippen LogP contribution is -1.98. The topological polar surface area (TPSA) is 9.23 Å². The van der Waals surface area contributed by atoms with Gasteiger partial charge in [0, 0.05) is 0 Å². The van der Waals surface area contributed by atoms with E-state index >= 15 is 0 Å². The summed E-state index contributed by atoms with van der Waals surface area (Å²) >= 11 is 0. The summed E-state index contributed by atoms with van der Waals surface area (Å²) in [5.41, 5.74) is 4.35. The maximum atomic E-state index is 5.48. The van der Waals surface area contributed by atoms with Crippen LogP contribution in [0, 0.1) is 0 Å². The van der Waals surface area contributed by atoms with Crippen molar-refractivity contribution in [3.05, 3.63) is 34.9 Å². The Morgan fingerprint density at radius 3 is 3.00 bits per heavy atom. The van der Waals surface area contributed by atoms with Gasteiger partial charge >= 0.3 is 0 Å². The molecule has 0 fully saturated rings. The molecule has 0 saturated carbocycles. The fourth-order valence-corrected chi connectivity index (χ4v) is 2.28. The normalized spacial score (nSPS) is 16.7. The average molecular weight is 190 g/mol. The Balaban J connectivity index is 2.29. The SMILES string of the molecule is CCCC(C)c1cccc2c1COC2. The Labute approximate surface area is 86.1 Å². The monoisotopic (exact) mass is 190 g/mol. The fraction of sp³-hybridized carbons (Fsp3) is 0.538. The summed E-state index contributed by atoms with van der Waals surface area (Å²) < 4.78 is 5.48. The van der Waals surface area contributed by atoms with Gasteiger partial charge in [-0.15, -0.1) is 0 Å². The van der Waals surface area contributed by atoms with E-state index in [0.29, 0.717) is 5.92 Å². The lowest BCUT2D eigenvalue weighted by Gasteiger charge is -2.14. The van der Waals surface area contributed by atoms with Gasteiger partial charge in [0.15, 0.2) is 0 Å². The van der Waals surface area contributed by atoms with Gasteiger partial charge in [0.25, 0.3) is 0 Å². The maximum absolute atomic E-state index is 5.48. The first-order chi connectivity index (χ1) is 6.83. The lowest BCUT2D eigenvalue weighted by atomic mass is 9.91. The van der Waals surface area contributed by atoms with Crippen LogP contribution in [-0.2, 0) is 18.0 Å². The minimum absolute atomic E-state index is 0.677. The summed E-state index contributed by atoms with van der Waals surface area (Å²) in [4.78, 5) is 0. The molecule has 1 aliphatic heterocycles. The highest BCUT2D eigenvalue weighted by molar-refractivity contribution is 5.38. The van der Waals surface area contributed by atoms with Crippen molar-refractivity contribution in [2.45, 2.75) is 45.8 Å². The van der Waals surface area contributed by atoms with Gasteiger partial charge in [-0.05, 0) is 29.0 Å². The van der Waals surface area contributed by atoms with Crippen molar-refractivity contribution in [2.24, 2.45) is 0 Å². The molecule has 0 radical (unpaired) electrons. The summed E-state index contributed by atoms with van der Waals surface area (Å²) in [6.07, 6.45) is 2.53. The second-order valence-corrected chi connectivity index (χ2v) is 4.17. The van der Waals surface area contributed by atoms with Crippen LogP contribution in [0.25, 0.3) is 0 Å². The largest absolute Gasteiger partial charge is 0.372 e. The van der Waals surface area contributed by atoms with E-state index in [0.717, 1.165) is 13.2 Å². The Morgan fingerprint density at radius 1 is 1.36 bits per heavy atom. The molecular formula is C13H18O. The van der Waals surface area contributed by atoms with Crippen LogP contribution < -0.4 is 0 Å². The molecule has 1 heteroatoms. The average Bonchev–Trinajstić information content (AvgIpc) is 2.65. The summed E-state index contributed by atoms with van der Waals surface area (Å²) in [6, 6.07) is 6.60. The van der Waals surface area contributed by atoms with Crippen LogP contribution in [0.15, 0.2) is 18.2 Å². The number of rotatable bonds is 3. The van der Waals surface area contributed by atoms with Crippen LogP contribution in [0.2, 0.25) is 0 Å². The van der Waals surface area contributed by atoms with Crippen molar-refractivity contribution in [3.63, 3.8) is 0 Å². The maximum Gasteiger partial charge on any atom is 0.0727 e. The first-order valence-electron chi connectivity index (χ1n) is 5.51. The first kappa shape index (κ1) is 9.72. The summed E-state index contributed by atoms with van der Waals surface area (Å²) in [5, 5.41) is 0. The van der Waals surface area contributed by atoms with Gasteiger partial charge < -0.3 is 4.74 Å². The van der Waals surface area contributed by atoms with Gasteiger partial charge in [-0.2, -0.15) is 0 Å². The molecule has 1 atom stereocenters. The molecule has 1 unspecified atom stereocenters. The minimum Gasteiger partial charge on any atom is -0.372 e. The molecular weight excluding hydrogens is 172 g/mol. The zero-order chi connectivity index (χ0) is 9.97. The summed E-state index contributed by atoms with van der Waals surface area (Å²) in [7, 11) is 0. The van der Waals surface area contributed by atoms with Gasteiger partial charge in [0.2, 0.25) is 0 Å². The minimum atomic E-state index is 0.677. The molecule has 1 aromatic carbocycles. The van der Waals surface area contributed by atoms with Crippen LogP contribution in [0.5, 0.6) is 0 Å². The van der Waals surface area contributed by atoms with Crippen LogP contribution in [-0.4, -0.2) is 0 Å². The zero-order valence-electron chi connectivity index (χ0n) is 9.05. The van der Waals surface area contributed by atoms with Gasteiger partial charge in [-0.25, -0.2) is 0 Å². The molecule has 1 aliphatic rings. The number of hydrogen-bond acceptors (Lipinski definition) is 1. The van der Waals surface area contributed by atoms with E-state index in [9.17, 15) is 0 Å². The predicted molar refractivity (Wildman–Crippen MR) is 58.3 cm³/mol. The highest BCUT2D eigenvalue weighted by atomic mass is 16.5. The highest BCUT2D eigenvalue weighted by Gasteiger charge is 2.17. The Kier molecular flexibility index (Phi) is 2.87. The quantitative estimate of drug-likeness (QED) is 0.707. The van der Waals surface area contributed by atoms with Crippen molar-refractivity contribution < 1.29 is 4.74 Å². The van der Waals surface area contributed by atoms with E-state index in [1.165, 1.54) is 29.5 Å². The van der Waals surface area contributed by atoms with Crippen LogP contribution in [0.3, 0.4) is 0 Å². The predicted octanol–water partition coefficient (Wildman–Crippen LogP) is 3.62. The molecule has 2 rings (SSSR count). The molecule has 1 heterocycles. The fourth-order valence-electron chi connectivity index (χ4n) is 2.28. The van der Waals surface area contributed by atoms with Gasteiger partial charge in [-0.3, -0.25) is 0 Å². The molecule has 0 aromatic heterocycles.